The maximum absolute atomic E-state index is 12.3. The van der Waals surface area contributed by atoms with Gasteiger partial charge in [0, 0.05) is 5.75 Å². The van der Waals surface area contributed by atoms with Crippen LogP contribution in [0, 0.1) is 0 Å². The van der Waals surface area contributed by atoms with Gasteiger partial charge in [-0.25, -0.2) is 10.2 Å². The summed E-state index contributed by atoms with van der Waals surface area (Å²) in [4.78, 5) is 24.5. The molecule has 0 saturated heterocycles. The second-order valence-electron chi connectivity index (χ2n) is 7.49. The van der Waals surface area contributed by atoms with Crippen LogP contribution < -0.4 is 16.2 Å². The van der Waals surface area contributed by atoms with Crippen molar-refractivity contribution in [3.63, 3.8) is 0 Å². The van der Waals surface area contributed by atoms with Crippen LogP contribution >= 0.6 is 11.8 Å². The van der Waals surface area contributed by atoms with E-state index in [0.717, 1.165) is 28.0 Å². The highest BCUT2D eigenvalue weighted by molar-refractivity contribution is 7.99. The number of amides is 3. The van der Waals surface area contributed by atoms with Gasteiger partial charge in [0.2, 0.25) is 0 Å². The van der Waals surface area contributed by atoms with Gasteiger partial charge in [-0.2, -0.15) is 0 Å². The average Bonchev–Trinajstić information content (AvgIpc) is 2.70. The Hall–Kier alpha value is -2.73. The number of hydrazine groups is 1. The summed E-state index contributed by atoms with van der Waals surface area (Å²) in [6.07, 6.45) is 0. The summed E-state index contributed by atoms with van der Waals surface area (Å²) in [6, 6.07) is 17.4. The molecule has 2 aromatic carbocycles. The van der Waals surface area contributed by atoms with E-state index >= 15 is 0 Å². The molecule has 0 aliphatic heterocycles. The van der Waals surface area contributed by atoms with Crippen LogP contribution in [0.3, 0.4) is 0 Å². The fraction of sp³-hybridized carbons (Fsp3) is 0.304. The summed E-state index contributed by atoms with van der Waals surface area (Å²) < 4.78 is 0. The normalized spacial score (nSPS) is 12.0. The minimum Gasteiger partial charge on any atom is -0.328 e. The number of hydrogen-bond donors (Lipinski definition) is 3. The Kier molecular flexibility index (Phi) is 7.91. The molecule has 0 fully saturated rings. The van der Waals surface area contributed by atoms with E-state index in [1.165, 1.54) is 11.8 Å². The lowest BCUT2D eigenvalue weighted by Crippen LogP contribution is -2.53. The molecule has 5 nitrogen and oxygen atoms in total. The van der Waals surface area contributed by atoms with Crippen molar-refractivity contribution in [3.8, 4) is 0 Å². The zero-order chi connectivity index (χ0) is 21.4. The van der Waals surface area contributed by atoms with Crippen LogP contribution in [-0.2, 0) is 16.1 Å². The lowest BCUT2D eigenvalue weighted by atomic mass is 9.92. The summed E-state index contributed by atoms with van der Waals surface area (Å²) in [5.41, 5.74) is 8.40. The average molecular weight is 412 g/mol. The Morgan fingerprint density at radius 1 is 1.07 bits per heavy atom. The highest BCUT2D eigenvalue weighted by Gasteiger charge is 2.24. The predicted octanol–water partition coefficient (Wildman–Crippen LogP) is 4.61. The highest BCUT2D eigenvalue weighted by atomic mass is 32.2. The molecule has 29 heavy (non-hydrogen) atoms. The molecule has 3 amide bonds. The molecule has 0 spiro atoms. The first-order valence-electron chi connectivity index (χ1n) is 9.49. The molecule has 3 N–H and O–H groups in total. The van der Waals surface area contributed by atoms with Gasteiger partial charge >= 0.3 is 6.03 Å². The van der Waals surface area contributed by atoms with Crippen LogP contribution in [0.5, 0.6) is 0 Å². The van der Waals surface area contributed by atoms with Crippen molar-refractivity contribution in [1.82, 2.24) is 16.2 Å². The third kappa shape index (κ3) is 6.98. The molecule has 154 valence electrons. The van der Waals surface area contributed by atoms with E-state index < -0.39 is 11.6 Å². The SMILES string of the molecule is C=C(C)c1cccc(C(C)(C)NC(=O)NNC(=O)C(C)SCc2ccccc2)c1. The molecule has 1 atom stereocenters. The molecule has 2 aromatic rings. The lowest BCUT2D eigenvalue weighted by Gasteiger charge is -2.27. The van der Waals surface area contributed by atoms with Crippen molar-refractivity contribution in [1.29, 1.82) is 0 Å². The Bertz CT molecular complexity index is 865. The fourth-order valence-electron chi connectivity index (χ4n) is 2.65. The standard InChI is InChI=1S/C23H29N3O2S/c1-16(2)19-12-9-13-20(14-19)23(4,5)24-22(28)26-25-21(27)17(3)29-15-18-10-7-6-8-11-18/h6-14,17H,1,15H2,2-5H3,(H,25,27)(H2,24,26,28). The van der Waals surface area contributed by atoms with Crippen molar-refractivity contribution >= 4 is 29.3 Å². The van der Waals surface area contributed by atoms with Gasteiger partial charge in [-0.1, -0.05) is 60.7 Å². The molecular weight excluding hydrogens is 382 g/mol. The zero-order valence-electron chi connectivity index (χ0n) is 17.4. The Balaban J connectivity index is 1.84. The van der Waals surface area contributed by atoms with Gasteiger partial charge in [0.1, 0.15) is 0 Å². The topological polar surface area (TPSA) is 70.2 Å². The van der Waals surface area contributed by atoms with Crippen molar-refractivity contribution in [2.24, 2.45) is 0 Å². The summed E-state index contributed by atoms with van der Waals surface area (Å²) in [7, 11) is 0. The largest absolute Gasteiger partial charge is 0.334 e. The van der Waals surface area contributed by atoms with Crippen molar-refractivity contribution < 1.29 is 9.59 Å². The molecule has 0 radical (unpaired) electrons. The maximum atomic E-state index is 12.3. The molecule has 0 aliphatic carbocycles. The fourth-order valence-corrected chi connectivity index (χ4v) is 3.50. The number of hydrogen-bond acceptors (Lipinski definition) is 3. The number of urea groups is 1. The number of allylic oxidation sites excluding steroid dienone is 1. The van der Waals surface area contributed by atoms with E-state index in [1.54, 1.807) is 0 Å². The van der Waals surface area contributed by atoms with E-state index in [0.29, 0.717) is 0 Å². The zero-order valence-corrected chi connectivity index (χ0v) is 18.2. The first kappa shape index (κ1) is 22.6. The van der Waals surface area contributed by atoms with Crippen molar-refractivity contribution in [2.45, 2.75) is 44.2 Å². The van der Waals surface area contributed by atoms with Gasteiger partial charge in [-0.15, -0.1) is 11.8 Å². The van der Waals surface area contributed by atoms with Gasteiger partial charge in [-0.05, 0) is 50.5 Å². The lowest BCUT2D eigenvalue weighted by molar-refractivity contribution is -0.121. The van der Waals surface area contributed by atoms with E-state index in [1.807, 2.05) is 82.3 Å². The summed E-state index contributed by atoms with van der Waals surface area (Å²) in [5, 5.41) is 2.59. The molecule has 0 bridgehead atoms. The van der Waals surface area contributed by atoms with Gasteiger partial charge < -0.3 is 5.32 Å². The number of carbonyl (C=O) groups excluding carboxylic acids is 2. The van der Waals surface area contributed by atoms with Gasteiger partial charge in [0.15, 0.2) is 0 Å². The quantitative estimate of drug-likeness (QED) is 0.583. The molecule has 0 aliphatic rings. The van der Waals surface area contributed by atoms with E-state index in [-0.39, 0.29) is 11.2 Å². The van der Waals surface area contributed by atoms with Crippen molar-refractivity contribution in [3.05, 3.63) is 77.9 Å². The van der Waals surface area contributed by atoms with Gasteiger partial charge in [0.25, 0.3) is 5.91 Å². The Morgan fingerprint density at radius 2 is 1.76 bits per heavy atom. The first-order valence-corrected chi connectivity index (χ1v) is 10.5. The third-order valence-corrected chi connectivity index (χ3v) is 5.73. The van der Waals surface area contributed by atoms with E-state index in [4.69, 9.17) is 0 Å². The predicted molar refractivity (Wildman–Crippen MR) is 121 cm³/mol. The Labute approximate surface area is 177 Å². The second-order valence-corrected chi connectivity index (χ2v) is 8.82. The minimum absolute atomic E-state index is 0.247. The maximum Gasteiger partial charge on any atom is 0.334 e. The molecule has 1 unspecified atom stereocenters. The number of carbonyl (C=O) groups is 2. The van der Waals surface area contributed by atoms with Crippen LogP contribution in [-0.4, -0.2) is 17.2 Å². The Morgan fingerprint density at radius 3 is 2.41 bits per heavy atom. The van der Waals surface area contributed by atoms with Crippen LogP contribution in [0.4, 0.5) is 4.79 Å². The second kappa shape index (κ2) is 10.2. The molecule has 0 aromatic heterocycles. The number of benzene rings is 2. The third-order valence-electron chi connectivity index (χ3n) is 4.51. The number of rotatable bonds is 7. The molecule has 6 heteroatoms. The van der Waals surface area contributed by atoms with Crippen LogP contribution in [0.2, 0.25) is 0 Å². The number of thioether (sulfide) groups is 1. The highest BCUT2D eigenvalue weighted by Crippen LogP contribution is 2.23. The van der Waals surface area contributed by atoms with E-state index in [9.17, 15) is 9.59 Å². The summed E-state index contributed by atoms with van der Waals surface area (Å²) >= 11 is 1.51. The van der Waals surface area contributed by atoms with Crippen molar-refractivity contribution in [2.75, 3.05) is 0 Å². The smallest absolute Gasteiger partial charge is 0.328 e. The first-order chi connectivity index (χ1) is 13.7. The summed E-state index contributed by atoms with van der Waals surface area (Å²) in [5.74, 6) is 0.483. The number of nitrogens with one attached hydrogen (secondary N) is 3. The summed E-state index contributed by atoms with van der Waals surface area (Å²) in [6.45, 7) is 11.5. The van der Waals surface area contributed by atoms with Crippen LogP contribution in [0.15, 0.2) is 61.2 Å². The van der Waals surface area contributed by atoms with Crippen LogP contribution in [0.1, 0.15) is 44.4 Å². The molecule has 0 heterocycles. The molecular formula is C23H29N3O2S. The molecule has 0 saturated carbocycles. The monoisotopic (exact) mass is 411 g/mol. The van der Waals surface area contributed by atoms with E-state index in [2.05, 4.69) is 22.7 Å². The van der Waals surface area contributed by atoms with Crippen LogP contribution in [0.25, 0.3) is 5.57 Å². The van der Waals surface area contributed by atoms with Gasteiger partial charge in [-0.3, -0.25) is 10.2 Å². The molecule has 2 rings (SSSR count). The van der Waals surface area contributed by atoms with Gasteiger partial charge in [0.05, 0.1) is 10.8 Å². The minimum atomic E-state index is -0.617.